The second-order valence-corrected chi connectivity index (χ2v) is 4.81. The van der Waals surface area contributed by atoms with Gasteiger partial charge >= 0.3 is 0 Å². The molecule has 0 bridgehead atoms. The Labute approximate surface area is 106 Å². The highest BCUT2D eigenvalue weighted by molar-refractivity contribution is 6.05. The Bertz CT molecular complexity index is 621. The number of benzene rings is 1. The van der Waals surface area contributed by atoms with Gasteiger partial charge in [-0.05, 0) is 25.5 Å². The first-order chi connectivity index (χ1) is 8.72. The van der Waals surface area contributed by atoms with Crippen molar-refractivity contribution in [1.82, 2.24) is 4.98 Å². The molecule has 92 valence electrons. The van der Waals surface area contributed by atoms with E-state index in [-0.39, 0.29) is 11.8 Å². The third-order valence-corrected chi connectivity index (χ3v) is 3.54. The van der Waals surface area contributed by atoms with Crippen LogP contribution in [0.25, 0.3) is 10.9 Å². The molecule has 1 aromatic heterocycles. The van der Waals surface area contributed by atoms with Crippen LogP contribution in [0.1, 0.15) is 31.7 Å². The van der Waals surface area contributed by atoms with E-state index in [1.807, 2.05) is 36.1 Å². The predicted octanol–water partition coefficient (Wildman–Crippen LogP) is 3.09. The molecule has 18 heavy (non-hydrogen) atoms. The van der Waals surface area contributed by atoms with Crippen LogP contribution in [0.3, 0.4) is 0 Å². The first-order valence-electron chi connectivity index (χ1n) is 6.43. The first-order valence-corrected chi connectivity index (χ1v) is 6.43. The van der Waals surface area contributed by atoms with Crippen LogP contribution < -0.4 is 4.90 Å². The Morgan fingerprint density at radius 3 is 2.89 bits per heavy atom. The number of anilines is 1. The number of rotatable bonds is 2. The molecule has 0 N–H and O–H groups in total. The maximum atomic E-state index is 12.2. The van der Waals surface area contributed by atoms with Crippen molar-refractivity contribution in [2.75, 3.05) is 11.4 Å². The number of fused-ring (bicyclic) bond motifs is 2. The lowest BCUT2D eigenvalue weighted by Crippen LogP contribution is -2.29. The van der Waals surface area contributed by atoms with E-state index in [0.29, 0.717) is 0 Å². The van der Waals surface area contributed by atoms with Crippen LogP contribution in [0.2, 0.25) is 0 Å². The number of carbonyl (C=O) groups is 1. The van der Waals surface area contributed by atoms with E-state index < -0.39 is 0 Å². The van der Waals surface area contributed by atoms with Gasteiger partial charge < -0.3 is 0 Å². The average Bonchev–Trinajstić information content (AvgIpc) is 2.62. The summed E-state index contributed by atoms with van der Waals surface area (Å²) < 4.78 is 0. The fourth-order valence-corrected chi connectivity index (χ4v) is 2.57. The smallest absolute Gasteiger partial charge is 0.235 e. The van der Waals surface area contributed by atoms with E-state index in [2.05, 4.69) is 18.0 Å². The Hall–Kier alpha value is -1.90. The Morgan fingerprint density at radius 1 is 1.33 bits per heavy atom. The van der Waals surface area contributed by atoms with Gasteiger partial charge in [0.2, 0.25) is 5.91 Å². The minimum Gasteiger partial charge on any atom is -0.296 e. The topological polar surface area (TPSA) is 33.2 Å². The quantitative estimate of drug-likeness (QED) is 0.808. The van der Waals surface area contributed by atoms with E-state index in [0.717, 1.165) is 35.2 Å². The highest BCUT2D eigenvalue weighted by atomic mass is 16.2. The standard InChI is InChI=1S/C15H16N2O/c1-3-8-17-14-12(10(2)15(17)18)9-11-6-4-5-7-13(11)16-14/h4-7,9-10H,3,8H2,1-2H3. The van der Waals surface area contributed by atoms with E-state index in [1.54, 1.807) is 0 Å². The monoisotopic (exact) mass is 240 g/mol. The number of amides is 1. The SMILES string of the molecule is CCCN1C(=O)C(C)c2cc3ccccc3nc21. The summed E-state index contributed by atoms with van der Waals surface area (Å²) in [5, 5.41) is 1.11. The molecule has 1 aliphatic heterocycles. The van der Waals surface area contributed by atoms with Crippen LogP contribution >= 0.6 is 0 Å². The third kappa shape index (κ3) is 1.50. The minimum absolute atomic E-state index is 0.0661. The molecular formula is C15H16N2O. The summed E-state index contributed by atoms with van der Waals surface area (Å²) in [6, 6.07) is 10.1. The molecular weight excluding hydrogens is 224 g/mol. The zero-order valence-electron chi connectivity index (χ0n) is 10.7. The fraction of sp³-hybridized carbons (Fsp3) is 0.333. The second-order valence-electron chi connectivity index (χ2n) is 4.81. The summed E-state index contributed by atoms with van der Waals surface area (Å²) >= 11 is 0. The Morgan fingerprint density at radius 2 is 2.11 bits per heavy atom. The van der Waals surface area contributed by atoms with Gasteiger partial charge in [0.15, 0.2) is 0 Å². The zero-order chi connectivity index (χ0) is 12.7. The van der Waals surface area contributed by atoms with Gasteiger partial charge in [-0.25, -0.2) is 4.98 Å². The Kier molecular flexibility index (Phi) is 2.54. The zero-order valence-corrected chi connectivity index (χ0v) is 10.7. The van der Waals surface area contributed by atoms with Crippen molar-refractivity contribution in [3.05, 3.63) is 35.9 Å². The second kappa shape index (κ2) is 4.09. The van der Waals surface area contributed by atoms with Gasteiger partial charge in [0.1, 0.15) is 5.82 Å². The number of aromatic nitrogens is 1. The summed E-state index contributed by atoms with van der Waals surface area (Å²) in [6.45, 7) is 4.80. The molecule has 0 fully saturated rings. The summed E-state index contributed by atoms with van der Waals surface area (Å²) in [7, 11) is 0. The normalized spacial score (nSPS) is 18.4. The maximum Gasteiger partial charge on any atom is 0.235 e. The van der Waals surface area contributed by atoms with Crippen LogP contribution in [0.4, 0.5) is 5.82 Å². The van der Waals surface area contributed by atoms with Crippen molar-refractivity contribution in [3.63, 3.8) is 0 Å². The van der Waals surface area contributed by atoms with Gasteiger partial charge in [-0.2, -0.15) is 0 Å². The maximum absolute atomic E-state index is 12.2. The predicted molar refractivity (Wildman–Crippen MR) is 72.8 cm³/mol. The fourth-order valence-electron chi connectivity index (χ4n) is 2.57. The summed E-state index contributed by atoms with van der Waals surface area (Å²) in [4.78, 5) is 18.7. The highest BCUT2D eigenvalue weighted by Crippen LogP contribution is 2.37. The molecule has 1 atom stereocenters. The van der Waals surface area contributed by atoms with E-state index in [4.69, 9.17) is 0 Å². The van der Waals surface area contributed by atoms with Crippen LogP contribution in [0.5, 0.6) is 0 Å². The number of hydrogen-bond donors (Lipinski definition) is 0. The van der Waals surface area contributed by atoms with Gasteiger partial charge in [0.05, 0.1) is 11.4 Å². The van der Waals surface area contributed by atoms with Crippen LogP contribution in [0, 0.1) is 0 Å². The molecule has 3 rings (SSSR count). The molecule has 0 aliphatic carbocycles. The number of nitrogens with zero attached hydrogens (tertiary/aromatic N) is 2. The number of para-hydroxylation sites is 1. The molecule has 1 unspecified atom stereocenters. The molecule has 0 radical (unpaired) electrons. The van der Waals surface area contributed by atoms with Crippen LogP contribution in [0.15, 0.2) is 30.3 Å². The van der Waals surface area contributed by atoms with Crippen molar-refractivity contribution < 1.29 is 4.79 Å². The summed E-state index contributed by atoms with van der Waals surface area (Å²) in [5.41, 5.74) is 2.02. The van der Waals surface area contributed by atoms with Crippen molar-refractivity contribution in [2.45, 2.75) is 26.2 Å². The number of carbonyl (C=O) groups excluding carboxylic acids is 1. The van der Waals surface area contributed by atoms with Crippen molar-refractivity contribution >= 4 is 22.6 Å². The summed E-state index contributed by atoms with van der Waals surface area (Å²) in [5.74, 6) is 0.964. The highest BCUT2D eigenvalue weighted by Gasteiger charge is 2.35. The lowest BCUT2D eigenvalue weighted by atomic mass is 10.0. The molecule has 0 spiro atoms. The van der Waals surface area contributed by atoms with E-state index in [1.165, 1.54) is 0 Å². The molecule has 0 saturated heterocycles. The van der Waals surface area contributed by atoms with Crippen LogP contribution in [-0.4, -0.2) is 17.4 Å². The number of hydrogen-bond acceptors (Lipinski definition) is 2. The first kappa shape index (κ1) is 11.2. The van der Waals surface area contributed by atoms with Gasteiger partial charge in [-0.1, -0.05) is 25.1 Å². The minimum atomic E-state index is -0.0661. The largest absolute Gasteiger partial charge is 0.296 e. The van der Waals surface area contributed by atoms with Crippen molar-refractivity contribution in [2.24, 2.45) is 0 Å². The molecule has 0 saturated carbocycles. The van der Waals surface area contributed by atoms with Gasteiger partial charge in [0, 0.05) is 17.5 Å². The summed E-state index contributed by atoms with van der Waals surface area (Å²) in [6.07, 6.45) is 0.951. The van der Waals surface area contributed by atoms with E-state index >= 15 is 0 Å². The Balaban J connectivity index is 2.21. The molecule has 1 amide bonds. The molecule has 2 heterocycles. The van der Waals surface area contributed by atoms with Crippen molar-refractivity contribution in [3.8, 4) is 0 Å². The van der Waals surface area contributed by atoms with Gasteiger partial charge in [0.25, 0.3) is 0 Å². The number of pyridine rings is 1. The molecule has 3 heteroatoms. The third-order valence-electron chi connectivity index (χ3n) is 3.54. The lowest BCUT2D eigenvalue weighted by molar-refractivity contribution is -0.119. The molecule has 3 nitrogen and oxygen atoms in total. The van der Waals surface area contributed by atoms with E-state index in [9.17, 15) is 4.79 Å². The lowest BCUT2D eigenvalue weighted by Gasteiger charge is -2.15. The molecule has 2 aromatic rings. The van der Waals surface area contributed by atoms with Gasteiger partial charge in [-0.15, -0.1) is 0 Å². The molecule has 1 aliphatic rings. The average molecular weight is 240 g/mol. The van der Waals surface area contributed by atoms with Gasteiger partial charge in [-0.3, -0.25) is 9.69 Å². The van der Waals surface area contributed by atoms with Crippen LogP contribution in [-0.2, 0) is 4.79 Å². The van der Waals surface area contributed by atoms with Crippen molar-refractivity contribution in [1.29, 1.82) is 0 Å². The molecule has 1 aromatic carbocycles.